The van der Waals surface area contributed by atoms with Gasteiger partial charge in [0, 0.05) is 37.0 Å². The van der Waals surface area contributed by atoms with Crippen LogP contribution in [0.1, 0.15) is 36.7 Å². The van der Waals surface area contributed by atoms with Gasteiger partial charge in [0.1, 0.15) is 11.6 Å². The first kappa shape index (κ1) is 24.1. The number of benzene rings is 1. The van der Waals surface area contributed by atoms with Crippen molar-refractivity contribution in [3.05, 3.63) is 52.9 Å². The fourth-order valence-corrected chi connectivity index (χ4v) is 2.51. The van der Waals surface area contributed by atoms with Gasteiger partial charge in [0.15, 0.2) is 11.7 Å². The molecule has 0 saturated heterocycles. The Bertz CT molecular complexity index is 819. The molecule has 0 amide bonds. The molecule has 0 aliphatic rings. The number of guanidine groups is 1. The van der Waals surface area contributed by atoms with E-state index in [0.29, 0.717) is 6.54 Å². The van der Waals surface area contributed by atoms with Gasteiger partial charge in [0.05, 0.1) is 12.6 Å². The maximum absolute atomic E-state index is 13.9. The van der Waals surface area contributed by atoms with Gasteiger partial charge < -0.3 is 10.6 Å². The van der Waals surface area contributed by atoms with Crippen molar-refractivity contribution in [3.63, 3.8) is 0 Å². The lowest BCUT2D eigenvalue weighted by atomic mass is 10.1. The van der Waals surface area contributed by atoms with Crippen LogP contribution < -0.4 is 10.6 Å². The van der Waals surface area contributed by atoms with Crippen molar-refractivity contribution < 1.29 is 22.0 Å². The highest BCUT2D eigenvalue weighted by Gasteiger charge is 2.36. The zero-order valence-electron chi connectivity index (χ0n) is 15.4. The zero-order chi connectivity index (χ0) is 20.2. The number of nitrogens with one attached hydrogen (secondary N) is 2. The van der Waals surface area contributed by atoms with Gasteiger partial charge >= 0.3 is 6.18 Å². The summed E-state index contributed by atoms with van der Waals surface area (Å²) in [5.41, 5.74) is -0.871. The maximum Gasteiger partial charge on any atom is 0.435 e. The third kappa shape index (κ3) is 6.31. The lowest BCUT2D eigenvalue weighted by molar-refractivity contribution is -0.142. The molecule has 1 atom stereocenters. The van der Waals surface area contributed by atoms with Gasteiger partial charge in [-0.1, -0.05) is 6.07 Å². The normalized spacial score (nSPS) is 13.1. The minimum absolute atomic E-state index is 0. The monoisotopic (exact) mass is 517 g/mol. The van der Waals surface area contributed by atoms with Crippen LogP contribution in [0, 0.1) is 11.6 Å². The van der Waals surface area contributed by atoms with Crippen LogP contribution in [0.2, 0.25) is 0 Å². The molecule has 156 valence electrons. The fourth-order valence-electron chi connectivity index (χ4n) is 2.51. The molecule has 1 heterocycles. The number of hydrogen-bond donors (Lipinski definition) is 2. The second-order valence-corrected chi connectivity index (χ2v) is 5.90. The Morgan fingerprint density at radius 2 is 1.96 bits per heavy atom. The van der Waals surface area contributed by atoms with Crippen molar-refractivity contribution in [2.45, 2.75) is 32.6 Å². The van der Waals surface area contributed by atoms with E-state index in [-0.39, 0.29) is 47.6 Å². The summed E-state index contributed by atoms with van der Waals surface area (Å²) in [6.45, 7) is 3.60. The van der Waals surface area contributed by atoms with Gasteiger partial charge in [-0.05, 0) is 19.9 Å². The van der Waals surface area contributed by atoms with Crippen LogP contribution in [0.15, 0.2) is 29.4 Å². The smallest absolute Gasteiger partial charge is 0.357 e. The number of aryl methyl sites for hydroxylation is 1. The zero-order valence-corrected chi connectivity index (χ0v) is 17.8. The lowest BCUT2D eigenvalue weighted by Gasteiger charge is -2.18. The Kier molecular flexibility index (Phi) is 8.64. The van der Waals surface area contributed by atoms with Crippen molar-refractivity contribution in [3.8, 4) is 0 Å². The summed E-state index contributed by atoms with van der Waals surface area (Å²) in [5, 5.41) is 9.21. The van der Waals surface area contributed by atoms with Gasteiger partial charge in [-0.25, -0.2) is 13.8 Å². The van der Waals surface area contributed by atoms with Crippen LogP contribution in [0.5, 0.6) is 0 Å². The fraction of sp³-hybridized carbons (Fsp3) is 0.412. The summed E-state index contributed by atoms with van der Waals surface area (Å²) in [5.74, 6) is -1.22. The third-order valence-electron chi connectivity index (χ3n) is 3.71. The second-order valence-electron chi connectivity index (χ2n) is 5.90. The molecule has 0 aliphatic carbocycles. The largest absolute Gasteiger partial charge is 0.435 e. The molecular formula is C17H21F5IN5. The predicted molar refractivity (Wildman–Crippen MR) is 106 cm³/mol. The van der Waals surface area contributed by atoms with E-state index in [1.165, 1.54) is 19.3 Å². The van der Waals surface area contributed by atoms with E-state index in [1.54, 1.807) is 13.8 Å². The third-order valence-corrected chi connectivity index (χ3v) is 3.71. The van der Waals surface area contributed by atoms with E-state index in [2.05, 4.69) is 20.7 Å². The first-order valence-corrected chi connectivity index (χ1v) is 8.21. The highest BCUT2D eigenvalue weighted by Crippen LogP contribution is 2.30. The maximum atomic E-state index is 13.9. The molecule has 0 spiro atoms. The summed E-state index contributed by atoms with van der Waals surface area (Å²) < 4.78 is 67.1. The first-order chi connectivity index (χ1) is 12.6. The highest BCUT2D eigenvalue weighted by atomic mass is 127. The Morgan fingerprint density at radius 1 is 1.29 bits per heavy atom. The molecular weight excluding hydrogens is 496 g/mol. The van der Waals surface area contributed by atoms with Crippen molar-refractivity contribution in [1.82, 2.24) is 20.4 Å². The van der Waals surface area contributed by atoms with Crippen LogP contribution in [0.4, 0.5) is 22.0 Å². The molecule has 0 saturated carbocycles. The molecule has 1 aromatic heterocycles. The van der Waals surface area contributed by atoms with Gasteiger partial charge in [0.2, 0.25) is 0 Å². The number of aromatic nitrogens is 2. The van der Waals surface area contributed by atoms with Crippen molar-refractivity contribution in [2.24, 2.45) is 12.0 Å². The first-order valence-electron chi connectivity index (χ1n) is 8.21. The Morgan fingerprint density at radius 3 is 2.54 bits per heavy atom. The molecule has 11 heteroatoms. The molecule has 1 aromatic carbocycles. The molecule has 0 aliphatic heterocycles. The van der Waals surface area contributed by atoms with Crippen LogP contribution in [-0.4, -0.2) is 22.3 Å². The quantitative estimate of drug-likeness (QED) is 0.271. The summed E-state index contributed by atoms with van der Waals surface area (Å²) in [6, 6.07) is 2.61. The van der Waals surface area contributed by atoms with E-state index < -0.39 is 29.5 Å². The standard InChI is InChI=1S/C17H20F5N5.HI/c1-4-23-16(25-10(2)13-6-5-12(18)7-14(13)19)24-8-11-9-27(3)26-15(11)17(20,21)22;/h5-7,9-10H,4,8H2,1-3H3,(H2,23,24,25);1H. The topological polar surface area (TPSA) is 54.2 Å². The van der Waals surface area contributed by atoms with Gasteiger partial charge in [-0.2, -0.15) is 18.3 Å². The van der Waals surface area contributed by atoms with Crippen molar-refractivity contribution in [1.29, 1.82) is 0 Å². The van der Waals surface area contributed by atoms with Gasteiger partial charge in [-0.15, -0.1) is 24.0 Å². The molecule has 0 radical (unpaired) electrons. The summed E-state index contributed by atoms with van der Waals surface area (Å²) in [6.07, 6.45) is -3.33. The molecule has 5 nitrogen and oxygen atoms in total. The average Bonchev–Trinajstić information content (AvgIpc) is 2.94. The second kappa shape index (κ2) is 10.0. The van der Waals surface area contributed by atoms with Gasteiger partial charge in [-0.3, -0.25) is 4.68 Å². The molecule has 1 unspecified atom stereocenters. The molecule has 2 rings (SSSR count). The average molecular weight is 517 g/mol. The molecule has 2 aromatic rings. The highest BCUT2D eigenvalue weighted by molar-refractivity contribution is 14.0. The molecule has 0 bridgehead atoms. The van der Waals surface area contributed by atoms with Crippen molar-refractivity contribution in [2.75, 3.05) is 6.54 Å². The van der Waals surface area contributed by atoms with Gasteiger partial charge in [0.25, 0.3) is 0 Å². The number of aliphatic imine (C=N–C) groups is 1. The molecule has 2 N–H and O–H groups in total. The summed E-state index contributed by atoms with van der Waals surface area (Å²) in [4.78, 5) is 4.13. The SMILES string of the molecule is CCNC(=NCc1cn(C)nc1C(F)(F)F)NC(C)c1ccc(F)cc1F.I. The predicted octanol–water partition coefficient (Wildman–Crippen LogP) is 4.15. The van der Waals surface area contributed by atoms with E-state index in [4.69, 9.17) is 0 Å². The number of alkyl halides is 3. The van der Waals surface area contributed by atoms with Crippen LogP contribution in [-0.2, 0) is 19.8 Å². The van der Waals surface area contributed by atoms with Crippen LogP contribution >= 0.6 is 24.0 Å². The van der Waals surface area contributed by atoms with Crippen LogP contribution in [0.25, 0.3) is 0 Å². The van der Waals surface area contributed by atoms with E-state index in [1.807, 2.05) is 0 Å². The number of halogens is 6. The Balaban J connectivity index is 0.00000392. The summed E-state index contributed by atoms with van der Waals surface area (Å²) in [7, 11) is 1.39. The summed E-state index contributed by atoms with van der Waals surface area (Å²) >= 11 is 0. The van der Waals surface area contributed by atoms with E-state index in [0.717, 1.165) is 16.8 Å². The van der Waals surface area contributed by atoms with E-state index in [9.17, 15) is 22.0 Å². The lowest BCUT2D eigenvalue weighted by Crippen LogP contribution is -2.39. The number of rotatable bonds is 5. The molecule has 0 fully saturated rings. The Labute approximate surface area is 176 Å². The number of nitrogens with zero attached hydrogens (tertiary/aromatic N) is 3. The minimum atomic E-state index is -4.58. The van der Waals surface area contributed by atoms with Crippen molar-refractivity contribution >= 4 is 29.9 Å². The molecule has 28 heavy (non-hydrogen) atoms. The number of hydrogen-bond acceptors (Lipinski definition) is 2. The Hall–Kier alpha value is -1.92. The van der Waals surface area contributed by atoms with Crippen LogP contribution in [0.3, 0.4) is 0 Å². The minimum Gasteiger partial charge on any atom is -0.357 e. The van der Waals surface area contributed by atoms with E-state index >= 15 is 0 Å².